The van der Waals surface area contributed by atoms with Crippen molar-refractivity contribution in [3.63, 3.8) is 0 Å². The molecule has 0 bridgehead atoms. The third-order valence-electron chi connectivity index (χ3n) is 4.58. The fourth-order valence-electron chi connectivity index (χ4n) is 3.37. The van der Waals surface area contributed by atoms with Gasteiger partial charge >= 0.3 is 0 Å². The van der Waals surface area contributed by atoms with E-state index in [9.17, 15) is 5.11 Å². The van der Waals surface area contributed by atoms with Gasteiger partial charge in [0.25, 0.3) is 0 Å². The number of aromatic amines is 1. The van der Waals surface area contributed by atoms with Crippen LogP contribution in [0.2, 0.25) is 0 Å². The van der Waals surface area contributed by atoms with Gasteiger partial charge in [0.15, 0.2) is 0 Å². The third-order valence-corrected chi connectivity index (χ3v) is 4.58. The minimum absolute atomic E-state index is 0.354. The van der Waals surface area contributed by atoms with E-state index in [1.807, 2.05) is 25.1 Å². The number of quaternary nitrogens is 1. The predicted octanol–water partition coefficient (Wildman–Crippen LogP) is 2.11. The highest BCUT2D eigenvalue weighted by Crippen LogP contribution is 2.26. The lowest BCUT2D eigenvalue weighted by Crippen LogP contribution is -2.92. The molecule has 1 saturated carbocycles. The number of aromatic nitrogens is 1. The number of aliphatic hydroxyl groups is 1. The van der Waals surface area contributed by atoms with Gasteiger partial charge in [-0.05, 0) is 50.8 Å². The molecule has 1 aliphatic rings. The van der Waals surface area contributed by atoms with Crippen molar-refractivity contribution in [1.82, 2.24) is 4.98 Å². The smallest absolute Gasteiger partial charge is 0.137 e. The fraction of sp³-hybridized carbons (Fsp3) is 0.556. The van der Waals surface area contributed by atoms with Crippen molar-refractivity contribution in [2.24, 2.45) is 0 Å². The standard InChI is InChI=1S/C18H26N2O2/c1-13-10-16-17(20-13)8-5-9-18(16)22-12-15(21)11-19-14-6-3-2-4-7-14/h5,8-10,14-15,19-21H,2-4,6-7,11-12H2,1H3/p+1/t15-/m1/s1. The average Bonchev–Trinajstić information content (AvgIpc) is 2.92. The summed E-state index contributed by atoms with van der Waals surface area (Å²) in [6, 6.07) is 8.77. The Kier molecular flexibility index (Phi) is 5.01. The Balaban J connectivity index is 1.50. The van der Waals surface area contributed by atoms with E-state index < -0.39 is 6.10 Å². The lowest BCUT2D eigenvalue weighted by molar-refractivity contribution is -0.697. The largest absolute Gasteiger partial charge is 0.490 e. The average molecular weight is 303 g/mol. The van der Waals surface area contributed by atoms with Gasteiger partial charge in [-0.2, -0.15) is 0 Å². The first kappa shape index (κ1) is 15.4. The molecule has 1 aliphatic carbocycles. The summed E-state index contributed by atoms with van der Waals surface area (Å²) in [7, 11) is 0. The number of aliphatic hydroxyl groups excluding tert-OH is 1. The van der Waals surface area contributed by atoms with Crippen LogP contribution >= 0.6 is 0 Å². The Bertz CT molecular complexity index is 602. The third kappa shape index (κ3) is 3.81. The van der Waals surface area contributed by atoms with Crippen molar-refractivity contribution in [3.05, 3.63) is 30.0 Å². The lowest BCUT2D eigenvalue weighted by atomic mass is 9.95. The molecular formula is C18H27N2O2+. The molecule has 1 heterocycles. The Morgan fingerprint density at radius 1 is 1.32 bits per heavy atom. The van der Waals surface area contributed by atoms with Crippen LogP contribution in [0.15, 0.2) is 24.3 Å². The number of benzene rings is 1. The summed E-state index contributed by atoms with van der Waals surface area (Å²) in [6.45, 7) is 3.12. The van der Waals surface area contributed by atoms with E-state index >= 15 is 0 Å². The summed E-state index contributed by atoms with van der Waals surface area (Å²) in [5.74, 6) is 0.846. The second kappa shape index (κ2) is 7.16. The Morgan fingerprint density at radius 2 is 2.14 bits per heavy atom. The van der Waals surface area contributed by atoms with Crippen LogP contribution in [-0.4, -0.2) is 35.4 Å². The molecule has 22 heavy (non-hydrogen) atoms. The number of hydrogen-bond donors (Lipinski definition) is 3. The Morgan fingerprint density at radius 3 is 2.95 bits per heavy atom. The zero-order chi connectivity index (χ0) is 15.4. The van der Waals surface area contributed by atoms with E-state index in [4.69, 9.17) is 4.74 Å². The minimum atomic E-state index is -0.419. The summed E-state index contributed by atoms with van der Waals surface area (Å²) >= 11 is 0. The van der Waals surface area contributed by atoms with E-state index in [0.717, 1.165) is 28.9 Å². The molecule has 1 fully saturated rings. The van der Waals surface area contributed by atoms with E-state index in [-0.39, 0.29) is 0 Å². The number of hydrogen-bond acceptors (Lipinski definition) is 2. The predicted molar refractivity (Wildman–Crippen MR) is 88.2 cm³/mol. The molecule has 4 heteroatoms. The molecule has 0 radical (unpaired) electrons. The van der Waals surface area contributed by atoms with Gasteiger partial charge in [-0.25, -0.2) is 0 Å². The van der Waals surface area contributed by atoms with Gasteiger partial charge in [0.1, 0.15) is 25.0 Å². The number of nitrogens with one attached hydrogen (secondary N) is 1. The van der Waals surface area contributed by atoms with Crippen LogP contribution in [0.4, 0.5) is 0 Å². The summed E-state index contributed by atoms with van der Waals surface area (Å²) in [6.07, 6.45) is 6.20. The van der Waals surface area contributed by atoms with Gasteiger partial charge in [0.05, 0.1) is 6.04 Å². The summed E-state index contributed by atoms with van der Waals surface area (Å²) in [5, 5.41) is 13.5. The van der Waals surface area contributed by atoms with Crippen molar-refractivity contribution in [3.8, 4) is 5.75 Å². The van der Waals surface area contributed by atoms with Gasteiger partial charge in [-0.1, -0.05) is 12.5 Å². The van der Waals surface area contributed by atoms with E-state index in [1.54, 1.807) is 0 Å². The topological polar surface area (TPSA) is 61.9 Å². The van der Waals surface area contributed by atoms with Crippen LogP contribution in [0, 0.1) is 6.92 Å². The maximum atomic E-state index is 10.2. The number of ether oxygens (including phenoxy) is 1. The number of H-pyrrole nitrogens is 1. The molecule has 0 saturated heterocycles. The second-order valence-corrected chi connectivity index (χ2v) is 6.50. The van der Waals surface area contributed by atoms with Gasteiger partial charge in [-0.15, -0.1) is 0 Å². The minimum Gasteiger partial charge on any atom is -0.490 e. The summed E-state index contributed by atoms with van der Waals surface area (Å²) in [4.78, 5) is 3.31. The lowest BCUT2D eigenvalue weighted by Gasteiger charge is -2.21. The highest BCUT2D eigenvalue weighted by Gasteiger charge is 2.18. The van der Waals surface area contributed by atoms with Gasteiger partial charge in [0.2, 0.25) is 0 Å². The Labute approximate surface area is 131 Å². The number of fused-ring (bicyclic) bond motifs is 1. The zero-order valence-corrected chi connectivity index (χ0v) is 13.3. The van der Waals surface area contributed by atoms with Gasteiger partial charge in [0, 0.05) is 16.6 Å². The second-order valence-electron chi connectivity index (χ2n) is 6.50. The molecule has 2 aromatic rings. The summed E-state index contributed by atoms with van der Waals surface area (Å²) < 4.78 is 5.84. The first-order chi connectivity index (χ1) is 10.7. The number of rotatable bonds is 6. The van der Waals surface area contributed by atoms with Crippen LogP contribution in [0.3, 0.4) is 0 Å². The number of nitrogens with two attached hydrogens (primary N) is 1. The van der Waals surface area contributed by atoms with Crippen molar-refractivity contribution in [1.29, 1.82) is 0 Å². The Hall–Kier alpha value is -1.52. The molecule has 0 spiro atoms. The van der Waals surface area contributed by atoms with Crippen molar-refractivity contribution >= 4 is 10.9 Å². The quantitative estimate of drug-likeness (QED) is 0.765. The van der Waals surface area contributed by atoms with Crippen molar-refractivity contribution in [2.75, 3.05) is 13.2 Å². The number of aryl methyl sites for hydroxylation is 1. The molecular weight excluding hydrogens is 276 g/mol. The van der Waals surface area contributed by atoms with E-state index in [1.165, 1.54) is 32.1 Å². The molecule has 1 aromatic carbocycles. The van der Waals surface area contributed by atoms with Crippen LogP contribution in [0.1, 0.15) is 37.8 Å². The maximum absolute atomic E-state index is 10.2. The molecule has 0 unspecified atom stereocenters. The highest BCUT2D eigenvalue weighted by molar-refractivity contribution is 5.86. The van der Waals surface area contributed by atoms with Crippen LogP contribution in [-0.2, 0) is 0 Å². The molecule has 3 rings (SSSR count). The monoisotopic (exact) mass is 303 g/mol. The van der Waals surface area contributed by atoms with E-state index in [2.05, 4.69) is 16.4 Å². The molecule has 1 atom stereocenters. The van der Waals surface area contributed by atoms with Crippen molar-refractivity contribution < 1.29 is 15.2 Å². The maximum Gasteiger partial charge on any atom is 0.137 e. The molecule has 120 valence electrons. The van der Waals surface area contributed by atoms with E-state index in [0.29, 0.717) is 12.6 Å². The highest BCUT2D eigenvalue weighted by atomic mass is 16.5. The molecule has 4 N–H and O–H groups in total. The molecule has 0 amide bonds. The first-order valence-electron chi connectivity index (χ1n) is 8.45. The molecule has 1 aromatic heterocycles. The van der Waals surface area contributed by atoms with Gasteiger partial charge in [-0.3, -0.25) is 0 Å². The first-order valence-corrected chi connectivity index (χ1v) is 8.45. The van der Waals surface area contributed by atoms with Crippen LogP contribution in [0.25, 0.3) is 10.9 Å². The van der Waals surface area contributed by atoms with Crippen LogP contribution in [0.5, 0.6) is 5.75 Å². The van der Waals surface area contributed by atoms with Gasteiger partial charge < -0.3 is 20.1 Å². The van der Waals surface area contributed by atoms with Crippen molar-refractivity contribution in [2.45, 2.75) is 51.2 Å². The zero-order valence-electron chi connectivity index (χ0n) is 13.3. The van der Waals surface area contributed by atoms with Crippen LogP contribution < -0.4 is 10.1 Å². The molecule has 0 aliphatic heterocycles. The fourth-order valence-corrected chi connectivity index (χ4v) is 3.37. The molecule has 4 nitrogen and oxygen atoms in total. The normalized spacial score (nSPS) is 17.7. The summed E-state index contributed by atoms with van der Waals surface area (Å²) in [5.41, 5.74) is 2.20. The SMILES string of the molecule is Cc1cc2c(OC[C@H](O)C[NH2+]C3CCCCC3)cccc2[nH]1.